The summed E-state index contributed by atoms with van der Waals surface area (Å²) in [7, 11) is 0. The Kier molecular flexibility index (Phi) is 5.19. The molecule has 2 unspecified atom stereocenters. The molecule has 0 aromatic carbocycles. The van der Waals surface area contributed by atoms with Gasteiger partial charge in [0.15, 0.2) is 0 Å². The van der Waals surface area contributed by atoms with E-state index in [1.807, 2.05) is 0 Å². The van der Waals surface area contributed by atoms with Gasteiger partial charge in [-0.3, -0.25) is 9.59 Å². The average molecular weight is 285 g/mol. The van der Waals surface area contributed by atoms with Crippen LogP contribution in [0.25, 0.3) is 0 Å². The number of hydrogen-bond acceptors (Lipinski definition) is 3. The zero-order valence-corrected chi connectivity index (χ0v) is 12.9. The van der Waals surface area contributed by atoms with Crippen molar-refractivity contribution in [2.75, 3.05) is 6.54 Å². The molecule has 0 heterocycles. The van der Waals surface area contributed by atoms with Crippen LogP contribution in [0.1, 0.15) is 53.4 Å². The van der Waals surface area contributed by atoms with Crippen LogP contribution in [0.3, 0.4) is 0 Å². The van der Waals surface area contributed by atoms with Gasteiger partial charge in [-0.05, 0) is 31.1 Å². The molecule has 0 bridgehead atoms. The molecule has 1 aliphatic rings. The minimum atomic E-state index is -0.981. The fourth-order valence-corrected chi connectivity index (χ4v) is 2.42. The molecule has 0 saturated heterocycles. The summed E-state index contributed by atoms with van der Waals surface area (Å²) in [4.78, 5) is 22.8. The van der Waals surface area contributed by atoms with Crippen LogP contribution >= 0.6 is 0 Å². The summed E-state index contributed by atoms with van der Waals surface area (Å²) in [6, 6.07) is 0. The topological polar surface area (TPSA) is 86.6 Å². The second kappa shape index (κ2) is 6.12. The number of carbonyl (C=O) groups excluding carboxylic acids is 1. The maximum atomic E-state index is 11.9. The lowest BCUT2D eigenvalue weighted by Gasteiger charge is -2.40. The number of amides is 1. The normalized spacial score (nSPS) is 23.6. The highest BCUT2D eigenvalue weighted by Gasteiger charge is 2.37. The molecule has 0 spiro atoms. The van der Waals surface area contributed by atoms with Gasteiger partial charge in [-0.25, -0.2) is 0 Å². The third-order valence-electron chi connectivity index (χ3n) is 4.68. The van der Waals surface area contributed by atoms with Crippen molar-refractivity contribution >= 4 is 11.9 Å². The van der Waals surface area contributed by atoms with Crippen LogP contribution in [0.15, 0.2) is 0 Å². The lowest BCUT2D eigenvalue weighted by molar-refractivity contribution is -0.146. The first-order valence-corrected chi connectivity index (χ1v) is 7.29. The van der Waals surface area contributed by atoms with E-state index in [2.05, 4.69) is 19.2 Å². The summed E-state index contributed by atoms with van der Waals surface area (Å²) in [5, 5.41) is 22.1. The fraction of sp³-hybridized carbons (Fsp3) is 0.867. The molecule has 1 amide bonds. The van der Waals surface area contributed by atoms with E-state index in [0.717, 1.165) is 12.8 Å². The van der Waals surface area contributed by atoms with Crippen LogP contribution < -0.4 is 5.32 Å². The Morgan fingerprint density at radius 2 is 1.60 bits per heavy atom. The first-order valence-electron chi connectivity index (χ1n) is 7.29. The van der Waals surface area contributed by atoms with Crippen molar-refractivity contribution in [3.05, 3.63) is 0 Å². The Balaban J connectivity index is 2.47. The Morgan fingerprint density at radius 3 is 2.05 bits per heavy atom. The predicted molar refractivity (Wildman–Crippen MR) is 76.2 cm³/mol. The van der Waals surface area contributed by atoms with E-state index in [4.69, 9.17) is 5.11 Å². The lowest BCUT2D eigenvalue weighted by Crippen LogP contribution is -2.48. The van der Waals surface area contributed by atoms with Gasteiger partial charge in [0.1, 0.15) is 0 Å². The highest BCUT2D eigenvalue weighted by Crippen LogP contribution is 2.39. The molecule has 5 nitrogen and oxygen atoms in total. The number of rotatable bonds is 5. The zero-order chi connectivity index (χ0) is 15.6. The van der Waals surface area contributed by atoms with Gasteiger partial charge in [-0.1, -0.05) is 27.7 Å². The number of carbonyl (C=O) groups is 2. The maximum absolute atomic E-state index is 11.9. The number of nitrogens with one attached hydrogen (secondary N) is 1. The smallest absolute Gasteiger partial charge is 0.307 e. The van der Waals surface area contributed by atoms with Crippen LogP contribution in [0, 0.1) is 17.3 Å². The molecule has 1 fully saturated rings. The van der Waals surface area contributed by atoms with E-state index in [0.29, 0.717) is 12.8 Å². The average Bonchev–Trinajstić information content (AvgIpc) is 2.38. The largest absolute Gasteiger partial charge is 0.481 e. The van der Waals surface area contributed by atoms with E-state index in [9.17, 15) is 14.7 Å². The highest BCUT2D eigenvalue weighted by molar-refractivity contribution is 5.84. The summed E-state index contributed by atoms with van der Waals surface area (Å²) in [6.45, 7) is 7.69. The Bertz CT molecular complexity index is 368. The summed E-state index contributed by atoms with van der Waals surface area (Å²) < 4.78 is 0. The number of hydrogen-bond donors (Lipinski definition) is 3. The molecule has 20 heavy (non-hydrogen) atoms. The monoisotopic (exact) mass is 285 g/mol. The van der Waals surface area contributed by atoms with Gasteiger partial charge in [-0.2, -0.15) is 0 Å². The molecule has 2 atom stereocenters. The van der Waals surface area contributed by atoms with Gasteiger partial charge in [0.05, 0.1) is 11.5 Å². The van der Waals surface area contributed by atoms with Gasteiger partial charge in [-0.15, -0.1) is 0 Å². The van der Waals surface area contributed by atoms with Crippen molar-refractivity contribution in [2.24, 2.45) is 17.3 Å². The van der Waals surface area contributed by atoms with E-state index in [-0.39, 0.29) is 17.9 Å². The van der Waals surface area contributed by atoms with Crippen molar-refractivity contribution in [1.29, 1.82) is 0 Å². The van der Waals surface area contributed by atoms with Gasteiger partial charge in [0.25, 0.3) is 0 Å². The van der Waals surface area contributed by atoms with E-state index >= 15 is 0 Å². The summed E-state index contributed by atoms with van der Waals surface area (Å²) in [5.74, 6) is -2.62. The van der Waals surface area contributed by atoms with Crippen LogP contribution in [0.5, 0.6) is 0 Å². The molecule has 1 rings (SSSR count). The SMILES string of the molecule is CC(C(=O)O)C(C)C(=O)NCC1(O)CCC(C)(C)CC1. The molecule has 0 radical (unpaired) electrons. The van der Waals surface area contributed by atoms with Gasteiger partial charge >= 0.3 is 5.97 Å². The van der Waals surface area contributed by atoms with Crippen LogP contribution in [0.4, 0.5) is 0 Å². The molecule has 0 aliphatic heterocycles. The maximum Gasteiger partial charge on any atom is 0.307 e. The van der Waals surface area contributed by atoms with Crippen LogP contribution in [0.2, 0.25) is 0 Å². The van der Waals surface area contributed by atoms with Crippen molar-refractivity contribution in [3.8, 4) is 0 Å². The molecule has 5 heteroatoms. The van der Waals surface area contributed by atoms with Crippen molar-refractivity contribution in [3.63, 3.8) is 0 Å². The third kappa shape index (κ3) is 4.47. The van der Waals surface area contributed by atoms with Crippen molar-refractivity contribution in [2.45, 2.75) is 59.0 Å². The summed E-state index contributed by atoms with van der Waals surface area (Å²) in [6.07, 6.45) is 3.20. The van der Waals surface area contributed by atoms with E-state index in [1.165, 1.54) is 6.92 Å². The molecule has 3 N–H and O–H groups in total. The van der Waals surface area contributed by atoms with E-state index in [1.54, 1.807) is 6.92 Å². The summed E-state index contributed by atoms with van der Waals surface area (Å²) in [5.41, 5.74) is -0.598. The third-order valence-corrected chi connectivity index (χ3v) is 4.68. The number of aliphatic carboxylic acids is 1. The first-order chi connectivity index (χ1) is 9.06. The molecular weight excluding hydrogens is 258 g/mol. The molecule has 1 aliphatic carbocycles. The second-order valence-electron chi connectivity index (χ2n) is 7.02. The van der Waals surface area contributed by atoms with Gasteiger partial charge < -0.3 is 15.5 Å². The predicted octanol–water partition coefficient (Wildman–Crippen LogP) is 1.79. The Morgan fingerprint density at radius 1 is 1.10 bits per heavy atom. The highest BCUT2D eigenvalue weighted by atomic mass is 16.4. The van der Waals surface area contributed by atoms with E-state index < -0.39 is 23.4 Å². The number of carboxylic acids is 1. The van der Waals surface area contributed by atoms with Gasteiger partial charge in [0, 0.05) is 12.5 Å². The van der Waals surface area contributed by atoms with Crippen molar-refractivity contribution in [1.82, 2.24) is 5.32 Å². The standard InChI is InChI=1S/C15H27NO4/c1-10(11(2)13(18)19)12(17)16-9-15(20)7-5-14(3,4)6-8-15/h10-11,20H,5-9H2,1-4H3,(H,16,17)(H,18,19). The van der Waals surface area contributed by atoms with Crippen LogP contribution in [-0.4, -0.2) is 34.2 Å². The minimum absolute atomic E-state index is 0.207. The molecule has 0 aromatic heterocycles. The molecule has 1 saturated carbocycles. The fourth-order valence-electron chi connectivity index (χ4n) is 2.42. The minimum Gasteiger partial charge on any atom is -0.481 e. The molecule has 116 valence electrons. The first kappa shape index (κ1) is 17.0. The van der Waals surface area contributed by atoms with Gasteiger partial charge in [0.2, 0.25) is 5.91 Å². The molecule has 0 aromatic rings. The Hall–Kier alpha value is -1.10. The zero-order valence-electron chi connectivity index (χ0n) is 12.9. The molecular formula is C15H27NO4. The number of carboxylic acid groups (broad SMARTS) is 1. The Labute approximate surface area is 120 Å². The lowest BCUT2D eigenvalue weighted by atomic mass is 9.71. The van der Waals surface area contributed by atoms with Crippen molar-refractivity contribution < 1.29 is 19.8 Å². The quantitative estimate of drug-likeness (QED) is 0.718. The summed E-state index contributed by atoms with van der Waals surface area (Å²) >= 11 is 0. The number of aliphatic hydroxyl groups is 1. The van der Waals surface area contributed by atoms with Crippen LogP contribution in [-0.2, 0) is 9.59 Å². The second-order valence-corrected chi connectivity index (χ2v) is 7.02.